The van der Waals surface area contributed by atoms with E-state index in [1.165, 1.54) is 5.56 Å². The molecule has 1 heterocycles. The van der Waals surface area contributed by atoms with Crippen molar-refractivity contribution in [2.45, 2.75) is 5.92 Å². The molecule has 1 aliphatic carbocycles. The van der Waals surface area contributed by atoms with Gasteiger partial charge in [-0.3, -0.25) is 4.99 Å². The fourth-order valence-corrected chi connectivity index (χ4v) is 1.83. The standard InChI is InChI=1S/C12H8N/c1-3-7-11-9(5-1)10-6-2-4-8-12(10)13-11/h1-3,5-8,10H. The van der Waals surface area contributed by atoms with Crippen LogP contribution in [0.1, 0.15) is 11.5 Å². The number of rotatable bonds is 0. The van der Waals surface area contributed by atoms with E-state index in [9.17, 15) is 0 Å². The van der Waals surface area contributed by atoms with Gasteiger partial charge in [-0.1, -0.05) is 30.4 Å². The predicted molar refractivity (Wildman–Crippen MR) is 53.2 cm³/mol. The lowest BCUT2D eigenvalue weighted by Gasteiger charge is -2.08. The molecule has 0 saturated heterocycles. The molecule has 1 radical (unpaired) electrons. The van der Waals surface area contributed by atoms with Gasteiger partial charge in [0.25, 0.3) is 0 Å². The minimum Gasteiger partial charge on any atom is -0.252 e. The molecule has 61 valence electrons. The summed E-state index contributed by atoms with van der Waals surface area (Å²) in [5.41, 5.74) is 3.53. The minimum atomic E-state index is 0.373. The Kier molecular flexibility index (Phi) is 1.28. The maximum Gasteiger partial charge on any atom is 0.0675 e. The Morgan fingerprint density at radius 3 is 3.15 bits per heavy atom. The summed E-state index contributed by atoms with van der Waals surface area (Å²) in [7, 11) is 0. The molecule has 2 aliphatic rings. The Balaban J connectivity index is 2.22. The summed E-state index contributed by atoms with van der Waals surface area (Å²) >= 11 is 0. The van der Waals surface area contributed by atoms with Crippen molar-refractivity contribution in [2.24, 2.45) is 4.99 Å². The van der Waals surface area contributed by atoms with Crippen molar-refractivity contribution in [2.75, 3.05) is 0 Å². The number of nitrogens with zero attached hydrogens (tertiary/aromatic N) is 1. The van der Waals surface area contributed by atoms with Crippen LogP contribution in [-0.2, 0) is 0 Å². The Bertz CT molecular complexity index is 438. The van der Waals surface area contributed by atoms with Crippen molar-refractivity contribution in [3.05, 3.63) is 54.1 Å². The monoisotopic (exact) mass is 166 g/mol. The highest BCUT2D eigenvalue weighted by Gasteiger charge is 2.23. The second kappa shape index (κ2) is 2.43. The molecule has 13 heavy (non-hydrogen) atoms. The molecule has 0 amide bonds. The number of aliphatic imine (C=N–C) groups is 1. The van der Waals surface area contributed by atoms with Gasteiger partial charge in [-0.05, 0) is 23.8 Å². The van der Waals surface area contributed by atoms with Crippen LogP contribution in [0, 0.1) is 6.08 Å². The van der Waals surface area contributed by atoms with E-state index in [1.807, 2.05) is 18.2 Å². The smallest absolute Gasteiger partial charge is 0.0675 e. The van der Waals surface area contributed by atoms with Crippen molar-refractivity contribution in [1.82, 2.24) is 0 Å². The molecular formula is C12H8N. The lowest BCUT2D eigenvalue weighted by atomic mass is 9.93. The molecule has 1 aliphatic heterocycles. The van der Waals surface area contributed by atoms with Crippen LogP contribution in [-0.4, -0.2) is 5.71 Å². The topological polar surface area (TPSA) is 12.4 Å². The number of hydrogen-bond donors (Lipinski definition) is 0. The number of fused-ring (bicyclic) bond motifs is 3. The maximum atomic E-state index is 4.52. The molecule has 0 saturated carbocycles. The zero-order valence-electron chi connectivity index (χ0n) is 7.07. The third kappa shape index (κ3) is 0.903. The third-order valence-corrected chi connectivity index (χ3v) is 2.46. The van der Waals surface area contributed by atoms with Crippen molar-refractivity contribution in [3.8, 4) is 0 Å². The largest absolute Gasteiger partial charge is 0.252 e. The van der Waals surface area contributed by atoms with E-state index in [4.69, 9.17) is 0 Å². The van der Waals surface area contributed by atoms with Gasteiger partial charge in [-0.25, -0.2) is 0 Å². The van der Waals surface area contributed by atoms with Crippen LogP contribution in [0.3, 0.4) is 0 Å². The van der Waals surface area contributed by atoms with Gasteiger partial charge in [-0.15, -0.1) is 0 Å². The molecule has 1 atom stereocenters. The number of benzene rings is 1. The van der Waals surface area contributed by atoms with Crippen LogP contribution < -0.4 is 0 Å². The van der Waals surface area contributed by atoms with E-state index in [-0.39, 0.29) is 0 Å². The SMILES string of the molecule is [C]1=CC2=Nc3ccccc3C2C=C1. The van der Waals surface area contributed by atoms with Gasteiger partial charge in [0.1, 0.15) is 0 Å². The molecule has 0 N–H and O–H groups in total. The third-order valence-electron chi connectivity index (χ3n) is 2.46. The van der Waals surface area contributed by atoms with E-state index < -0.39 is 0 Å². The zero-order valence-corrected chi connectivity index (χ0v) is 7.07. The van der Waals surface area contributed by atoms with Gasteiger partial charge in [0.15, 0.2) is 0 Å². The van der Waals surface area contributed by atoms with Gasteiger partial charge in [0.2, 0.25) is 0 Å². The summed E-state index contributed by atoms with van der Waals surface area (Å²) in [6, 6.07) is 8.28. The van der Waals surface area contributed by atoms with E-state index in [2.05, 4.69) is 35.3 Å². The lowest BCUT2D eigenvalue weighted by Crippen LogP contribution is -2.04. The zero-order chi connectivity index (χ0) is 8.67. The van der Waals surface area contributed by atoms with E-state index in [1.54, 1.807) is 0 Å². The van der Waals surface area contributed by atoms with Gasteiger partial charge < -0.3 is 0 Å². The van der Waals surface area contributed by atoms with Gasteiger partial charge in [0, 0.05) is 5.92 Å². The highest BCUT2D eigenvalue weighted by Crippen LogP contribution is 2.37. The average Bonchev–Trinajstić information content (AvgIpc) is 2.56. The average molecular weight is 166 g/mol. The first-order valence-electron chi connectivity index (χ1n) is 4.38. The Hall–Kier alpha value is -1.63. The van der Waals surface area contributed by atoms with Crippen LogP contribution in [0.5, 0.6) is 0 Å². The first kappa shape index (κ1) is 6.84. The molecular weight excluding hydrogens is 158 g/mol. The maximum absolute atomic E-state index is 4.52. The molecule has 1 unspecified atom stereocenters. The second-order valence-electron chi connectivity index (χ2n) is 3.24. The van der Waals surface area contributed by atoms with Crippen LogP contribution >= 0.6 is 0 Å². The lowest BCUT2D eigenvalue weighted by molar-refractivity contribution is 1.18. The second-order valence-corrected chi connectivity index (χ2v) is 3.24. The first-order chi connectivity index (χ1) is 6.45. The fourth-order valence-electron chi connectivity index (χ4n) is 1.83. The van der Waals surface area contributed by atoms with E-state index in [0.717, 1.165) is 11.4 Å². The Morgan fingerprint density at radius 2 is 2.15 bits per heavy atom. The van der Waals surface area contributed by atoms with Crippen molar-refractivity contribution in [1.29, 1.82) is 0 Å². The Morgan fingerprint density at radius 1 is 1.23 bits per heavy atom. The highest BCUT2D eigenvalue weighted by molar-refractivity contribution is 6.07. The minimum absolute atomic E-state index is 0.373. The Labute approximate surface area is 77.1 Å². The van der Waals surface area contributed by atoms with Crippen LogP contribution in [0.15, 0.2) is 47.5 Å². The van der Waals surface area contributed by atoms with E-state index >= 15 is 0 Å². The van der Waals surface area contributed by atoms with Gasteiger partial charge in [-0.2, -0.15) is 0 Å². The van der Waals surface area contributed by atoms with Crippen LogP contribution in [0.25, 0.3) is 0 Å². The predicted octanol–water partition coefficient (Wildman–Crippen LogP) is 2.79. The number of allylic oxidation sites excluding steroid dienone is 4. The van der Waals surface area contributed by atoms with Gasteiger partial charge >= 0.3 is 0 Å². The summed E-state index contributed by atoms with van der Waals surface area (Å²) in [5, 5.41) is 0. The summed E-state index contributed by atoms with van der Waals surface area (Å²) in [6.07, 6.45) is 9.13. The fraction of sp³-hybridized carbons (Fsp3) is 0.0833. The van der Waals surface area contributed by atoms with Gasteiger partial charge in [0.05, 0.1) is 11.4 Å². The summed E-state index contributed by atoms with van der Waals surface area (Å²) in [5.74, 6) is 0.373. The summed E-state index contributed by atoms with van der Waals surface area (Å²) in [4.78, 5) is 4.52. The number of hydrogen-bond acceptors (Lipinski definition) is 1. The first-order valence-corrected chi connectivity index (χ1v) is 4.38. The molecule has 0 fully saturated rings. The molecule has 0 spiro atoms. The van der Waals surface area contributed by atoms with Crippen LogP contribution in [0.4, 0.5) is 5.69 Å². The van der Waals surface area contributed by atoms with E-state index in [0.29, 0.717) is 5.92 Å². The molecule has 1 heteroatoms. The highest BCUT2D eigenvalue weighted by atomic mass is 14.8. The molecule has 1 aromatic carbocycles. The molecule has 0 bridgehead atoms. The molecule has 1 nitrogen and oxygen atoms in total. The molecule has 0 aromatic heterocycles. The van der Waals surface area contributed by atoms with Crippen molar-refractivity contribution >= 4 is 11.4 Å². The molecule has 3 rings (SSSR count). The summed E-state index contributed by atoms with van der Waals surface area (Å²) in [6.45, 7) is 0. The quantitative estimate of drug-likeness (QED) is 0.562. The van der Waals surface area contributed by atoms with Crippen molar-refractivity contribution < 1.29 is 0 Å². The summed E-state index contributed by atoms with van der Waals surface area (Å²) < 4.78 is 0. The molecule has 1 aromatic rings. The normalized spacial score (nSPS) is 22.5. The van der Waals surface area contributed by atoms with Crippen molar-refractivity contribution in [3.63, 3.8) is 0 Å². The van der Waals surface area contributed by atoms with Crippen LogP contribution in [0.2, 0.25) is 0 Å². The number of para-hydroxylation sites is 1.